The van der Waals surface area contributed by atoms with Crippen LogP contribution in [0.5, 0.6) is 0 Å². The molecular weight excluding hydrogens is 375 g/mol. The Labute approximate surface area is 155 Å². The van der Waals surface area contributed by atoms with Crippen LogP contribution in [-0.2, 0) is 20.5 Å². The quantitative estimate of drug-likeness (QED) is 0.799. The van der Waals surface area contributed by atoms with Crippen LogP contribution in [0.2, 0.25) is 0 Å². The highest BCUT2D eigenvalue weighted by Gasteiger charge is 2.34. The van der Waals surface area contributed by atoms with Crippen LogP contribution < -0.4 is 10.6 Å². The molecule has 6 nitrogen and oxygen atoms in total. The molecule has 0 aliphatic carbocycles. The summed E-state index contributed by atoms with van der Waals surface area (Å²) in [6, 6.07) is 4.70. The number of nitrogens with one attached hydrogen (secondary N) is 2. The highest BCUT2D eigenvalue weighted by molar-refractivity contribution is 5.95. The first-order chi connectivity index (χ1) is 11.8. The number of nitrogens with zero attached hydrogens (tertiary/aromatic N) is 1. The number of rotatable bonds is 5. The lowest BCUT2D eigenvalue weighted by atomic mass is 10.1. The normalized spacial score (nSPS) is 17.2. The molecule has 1 aliphatic rings. The Morgan fingerprint density at radius 2 is 2.04 bits per heavy atom. The van der Waals surface area contributed by atoms with Crippen molar-refractivity contribution >= 4 is 29.9 Å². The van der Waals surface area contributed by atoms with Gasteiger partial charge in [-0.15, -0.1) is 12.4 Å². The van der Waals surface area contributed by atoms with Gasteiger partial charge in [0.15, 0.2) is 0 Å². The van der Waals surface area contributed by atoms with Gasteiger partial charge in [-0.05, 0) is 19.1 Å². The summed E-state index contributed by atoms with van der Waals surface area (Å²) in [4.78, 5) is 25.7. The molecule has 1 heterocycles. The molecule has 1 unspecified atom stereocenters. The number of morpholine rings is 1. The second kappa shape index (κ2) is 9.75. The minimum absolute atomic E-state index is 0. The van der Waals surface area contributed by atoms with Crippen LogP contribution in [-0.4, -0.2) is 55.6 Å². The number of anilines is 1. The fraction of sp³-hybridized carbons (Fsp3) is 0.500. The molecule has 1 atom stereocenters. The van der Waals surface area contributed by atoms with Gasteiger partial charge >= 0.3 is 6.18 Å². The fourth-order valence-electron chi connectivity index (χ4n) is 2.48. The SMILES string of the molecule is CCN(CC(=O)Nc1ccccc1C(F)(F)F)C(=O)C1CNCCO1.Cl. The van der Waals surface area contributed by atoms with Crippen molar-refractivity contribution < 1.29 is 27.5 Å². The first-order valence-electron chi connectivity index (χ1n) is 7.90. The maximum absolute atomic E-state index is 13.0. The molecule has 0 saturated carbocycles. The number of benzene rings is 1. The number of likely N-dealkylation sites (N-methyl/N-ethyl adjacent to an activating group) is 1. The number of carbonyl (C=O) groups excluding carboxylic acids is 2. The molecular formula is C16H21ClF3N3O3. The number of amides is 2. The number of alkyl halides is 3. The van der Waals surface area contributed by atoms with Crippen LogP contribution in [0, 0.1) is 0 Å². The van der Waals surface area contributed by atoms with Gasteiger partial charge in [0.05, 0.1) is 24.4 Å². The molecule has 1 saturated heterocycles. The molecule has 1 aliphatic heterocycles. The molecule has 2 amide bonds. The Balaban J connectivity index is 0.00000338. The van der Waals surface area contributed by atoms with Gasteiger partial charge in [0.2, 0.25) is 5.91 Å². The van der Waals surface area contributed by atoms with Crippen molar-refractivity contribution in [3.05, 3.63) is 29.8 Å². The Bertz CT molecular complexity index is 622. The third-order valence-electron chi connectivity index (χ3n) is 3.74. The molecule has 2 rings (SSSR count). The van der Waals surface area contributed by atoms with E-state index < -0.39 is 23.8 Å². The van der Waals surface area contributed by atoms with E-state index in [9.17, 15) is 22.8 Å². The summed E-state index contributed by atoms with van der Waals surface area (Å²) in [5.41, 5.74) is -1.27. The van der Waals surface area contributed by atoms with Crippen molar-refractivity contribution in [1.29, 1.82) is 0 Å². The van der Waals surface area contributed by atoms with Gasteiger partial charge in [-0.1, -0.05) is 12.1 Å². The van der Waals surface area contributed by atoms with Gasteiger partial charge in [0.25, 0.3) is 5.91 Å². The fourth-order valence-corrected chi connectivity index (χ4v) is 2.48. The van der Waals surface area contributed by atoms with Crippen molar-refractivity contribution in [1.82, 2.24) is 10.2 Å². The minimum atomic E-state index is -4.58. The van der Waals surface area contributed by atoms with Crippen molar-refractivity contribution in [2.24, 2.45) is 0 Å². The lowest BCUT2D eigenvalue weighted by Crippen LogP contribution is -2.51. The van der Waals surface area contributed by atoms with E-state index in [4.69, 9.17) is 4.74 Å². The summed E-state index contributed by atoms with van der Waals surface area (Å²) >= 11 is 0. The summed E-state index contributed by atoms with van der Waals surface area (Å²) in [6.07, 6.45) is -5.27. The van der Waals surface area contributed by atoms with Crippen LogP contribution in [0.1, 0.15) is 12.5 Å². The zero-order chi connectivity index (χ0) is 18.4. The average Bonchev–Trinajstić information content (AvgIpc) is 2.59. The van der Waals surface area contributed by atoms with E-state index in [0.717, 1.165) is 6.07 Å². The zero-order valence-electron chi connectivity index (χ0n) is 14.1. The summed E-state index contributed by atoms with van der Waals surface area (Å²) < 4.78 is 44.2. The Morgan fingerprint density at radius 3 is 2.62 bits per heavy atom. The molecule has 26 heavy (non-hydrogen) atoms. The third kappa shape index (κ3) is 5.86. The molecule has 1 fully saturated rings. The van der Waals surface area contributed by atoms with Gasteiger partial charge in [0.1, 0.15) is 6.10 Å². The van der Waals surface area contributed by atoms with Gasteiger partial charge in [-0.2, -0.15) is 13.2 Å². The monoisotopic (exact) mass is 395 g/mol. The summed E-state index contributed by atoms with van der Waals surface area (Å²) in [5.74, 6) is -1.07. The van der Waals surface area contributed by atoms with Crippen molar-refractivity contribution in [2.75, 3.05) is 38.1 Å². The molecule has 1 aromatic carbocycles. The van der Waals surface area contributed by atoms with Crippen molar-refractivity contribution in [2.45, 2.75) is 19.2 Å². The number of hydrogen-bond acceptors (Lipinski definition) is 4. The van der Waals surface area contributed by atoms with E-state index in [0.29, 0.717) is 19.7 Å². The van der Waals surface area contributed by atoms with Crippen LogP contribution in [0.15, 0.2) is 24.3 Å². The Morgan fingerprint density at radius 1 is 1.35 bits per heavy atom. The number of halogens is 4. The largest absolute Gasteiger partial charge is 0.418 e. The van der Waals surface area contributed by atoms with E-state index in [-0.39, 0.29) is 37.1 Å². The molecule has 2 N–H and O–H groups in total. The second-order valence-corrected chi connectivity index (χ2v) is 5.51. The highest BCUT2D eigenvalue weighted by atomic mass is 35.5. The van der Waals surface area contributed by atoms with Crippen molar-refractivity contribution in [3.8, 4) is 0 Å². The molecule has 0 spiro atoms. The standard InChI is InChI=1S/C16H20F3N3O3.ClH/c1-2-22(15(24)13-9-20-7-8-25-13)10-14(23)21-12-6-4-3-5-11(12)16(17,18)19;/h3-6,13,20H,2,7-10H2,1H3,(H,21,23);1H. The zero-order valence-corrected chi connectivity index (χ0v) is 15.0. The molecule has 146 valence electrons. The van der Waals surface area contributed by atoms with Gasteiger partial charge in [0, 0.05) is 19.6 Å². The van der Waals surface area contributed by atoms with Gasteiger partial charge in [-0.25, -0.2) is 0 Å². The lowest BCUT2D eigenvalue weighted by Gasteiger charge is -2.28. The maximum atomic E-state index is 13.0. The van der Waals surface area contributed by atoms with Crippen LogP contribution in [0.3, 0.4) is 0 Å². The van der Waals surface area contributed by atoms with Crippen LogP contribution >= 0.6 is 12.4 Å². The molecule has 0 aromatic heterocycles. The average molecular weight is 396 g/mol. The minimum Gasteiger partial charge on any atom is -0.366 e. The number of hydrogen-bond donors (Lipinski definition) is 2. The van der Waals surface area contributed by atoms with Crippen LogP contribution in [0.25, 0.3) is 0 Å². The van der Waals surface area contributed by atoms with E-state index in [1.807, 2.05) is 0 Å². The van der Waals surface area contributed by atoms with E-state index in [1.54, 1.807) is 6.92 Å². The first kappa shape index (κ1) is 22.2. The molecule has 10 heteroatoms. The highest BCUT2D eigenvalue weighted by Crippen LogP contribution is 2.34. The molecule has 1 aromatic rings. The molecule has 0 radical (unpaired) electrons. The van der Waals surface area contributed by atoms with Crippen molar-refractivity contribution in [3.63, 3.8) is 0 Å². The first-order valence-corrected chi connectivity index (χ1v) is 7.90. The lowest BCUT2D eigenvalue weighted by molar-refractivity contribution is -0.146. The second-order valence-electron chi connectivity index (χ2n) is 5.51. The smallest absolute Gasteiger partial charge is 0.366 e. The van der Waals surface area contributed by atoms with E-state index in [2.05, 4.69) is 10.6 Å². The van der Waals surface area contributed by atoms with Gasteiger partial charge in [-0.3, -0.25) is 9.59 Å². The summed E-state index contributed by atoms with van der Waals surface area (Å²) in [6.45, 7) is 2.96. The van der Waals surface area contributed by atoms with E-state index in [1.165, 1.54) is 23.1 Å². The number of carbonyl (C=O) groups is 2. The summed E-state index contributed by atoms with van der Waals surface area (Å²) in [7, 11) is 0. The predicted molar refractivity (Wildman–Crippen MR) is 92.2 cm³/mol. The third-order valence-corrected chi connectivity index (χ3v) is 3.74. The van der Waals surface area contributed by atoms with Gasteiger partial charge < -0.3 is 20.3 Å². The van der Waals surface area contributed by atoms with Crippen LogP contribution in [0.4, 0.5) is 18.9 Å². The van der Waals surface area contributed by atoms with E-state index >= 15 is 0 Å². The topological polar surface area (TPSA) is 70.7 Å². The molecule has 0 bridgehead atoms. The number of ether oxygens (including phenoxy) is 1. The number of para-hydroxylation sites is 1. The predicted octanol–water partition coefficient (Wildman–Crippen LogP) is 1.90. The maximum Gasteiger partial charge on any atom is 0.418 e. The Hall–Kier alpha value is -1.84. The summed E-state index contributed by atoms with van der Waals surface area (Å²) in [5, 5.41) is 5.24. The Kier molecular flexibility index (Phi) is 8.32.